The van der Waals surface area contributed by atoms with Crippen molar-refractivity contribution < 1.29 is 9.53 Å². The van der Waals surface area contributed by atoms with Gasteiger partial charge < -0.3 is 9.64 Å². The molecule has 25 heavy (non-hydrogen) atoms. The molecule has 0 aliphatic carbocycles. The number of hydrogen-bond acceptors (Lipinski definition) is 2. The van der Waals surface area contributed by atoms with Gasteiger partial charge >= 0.3 is 6.09 Å². The van der Waals surface area contributed by atoms with Crippen LogP contribution >= 0.6 is 0 Å². The largest absolute Gasteiger partial charge is 0.444 e. The maximum atomic E-state index is 12.2. The lowest BCUT2D eigenvalue weighted by Gasteiger charge is -2.35. The van der Waals surface area contributed by atoms with Gasteiger partial charge in [-0.05, 0) is 76.0 Å². The van der Waals surface area contributed by atoms with Gasteiger partial charge in [0.2, 0.25) is 0 Å². The van der Waals surface area contributed by atoms with E-state index >= 15 is 0 Å². The summed E-state index contributed by atoms with van der Waals surface area (Å²) in [5, 5.41) is 0. The van der Waals surface area contributed by atoms with Crippen molar-refractivity contribution in [2.45, 2.75) is 60.0 Å². The number of carbonyl (C=O) groups is 1. The molecule has 1 aromatic rings. The Morgan fingerprint density at radius 3 is 2.28 bits per heavy atom. The lowest BCUT2D eigenvalue weighted by atomic mass is 9.85. The quantitative estimate of drug-likeness (QED) is 0.715. The van der Waals surface area contributed by atoms with E-state index < -0.39 is 5.60 Å². The summed E-state index contributed by atoms with van der Waals surface area (Å²) in [6.45, 7) is 13.9. The second kappa shape index (κ2) is 8.07. The summed E-state index contributed by atoms with van der Waals surface area (Å²) in [6.07, 6.45) is 6.51. The van der Waals surface area contributed by atoms with Crippen LogP contribution in [0.5, 0.6) is 0 Å². The Labute approximate surface area is 153 Å². The second-order valence-corrected chi connectivity index (χ2v) is 8.33. The first-order valence-electron chi connectivity index (χ1n) is 9.39. The minimum atomic E-state index is -0.421. The molecule has 1 fully saturated rings. The van der Waals surface area contributed by atoms with Gasteiger partial charge in [-0.15, -0.1) is 0 Å². The van der Waals surface area contributed by atoms with Crippen LogP contribution in [0.25, 0.3) is 6.08 Å². The third-order valence-electron chi connectivity index (χ3n) is 5.04. The molecule has 2 rings (SSSR count). The molecule has 0 spiro atoms. The highest BCUT2D eigenvalue weighted by Gasteiger charge is 2.28. The van der Waals surface area contributed by atoms with Gasteiger partial charge in [-0.25, -0.2) is 4.79 Å². The molecule has 0 radical (unpaired) electrons. The normalized spacial score (nSPS) is 17.8. The van der Waals surface area contributed by atoms with Crippen LogP contribution in [-0.4, -0.2) is 29.7 Å². The molecule has 1 aliphatic rings. The zero-order valence-electron chi connectivity index (χ0n) is 16.6. The number of benzene rings is 1. The van der Waals surface area contributed by atoms with E-state index in [4.69, 9.17) is 4.74 Å². The van der Waals surface area contributed by atoms with E-state index in [1.807, 2.05) is 25.7 Å². The number of allylic oxidation sites excluding steroid dienone is 1. The molecule has 1 aromatic carbocycles. The number of aryl methyl sites for hydroxylation is 2. The van der Waals surface area contributed by atoms with Crippen molar-refractivity contribution in [1.82, 2.24) is 4.90 Å². The number of amides is 1. The third-order valence-corrected chi connectivity index (χ3v) is 5.04. The predicted molar refractivity (Wildman–Crippen MR) is 105 cm³/mol. The number of piperidine rings is 1. The van der Waals surface area contributed by atoms with E-state index in [9.17, 15) is 4.79 Å². The highest BCUT2D eigenvalue weighted by molar-refractivity contribution is 5.68. The Kier molecular flexibility index (Phi) is 6.31. The van der Waals surface area contributed by atoms with Crippen molar-refractivity contribution in [1.29, 1.82) is 0 Å². The second-order valence-electron chi connectivity index (χ2n) is 8.33. The fourth-order valence-corrected chi connectivity index (χ4v) is 3.43. The van der Waals surface area contributed by atoms with Crippen molar-refractivity contribution >= 4 is 12.2 Å². The van der Waals surface area contributed by atoms with Crippen LogP contribution in [-0.2, 0) is 4.74 Å². The Morgan fingerprint density at radius 2 is 1.76 bits per heavy atom. The summed E-state index contributed by atoms with van der Waals surface area (Å²) in [6, 6.07) is 6.44. The SMILES string of the molecule is Cc1cccc(C)c1C=CC(C)C1CCN(C(=O)OC(C)(C)C)CC1. The molecule has 1 aliphatic heterocycles. The molecule has 1 saturated heterocycles. The zero-order chi connectivity index (χ0) is 18.6. The monoisotopic (exact) mass is 343 g/mol. The van der Waals surface area contributed by atoms with Crippen LogP contribution in [0.3, 0.4) is 0 Å². The maximum Gasteiger partial charge on any atom is 0.410 e. The fraction of sp³-hybridized carbons (Fsp3) is 0.591. The number of carbonyl (C=O) groups excluding carboxylic acids is 1. The molecule has 1 atom stereocenters. The third kappa shape index (κ3) is 5.62. The van der Waals surface area contributed by atoms with Crippen LogP contribution in [0.4, 0.5) is 4.79 Å². The van der Waals surface area contributed by atoms with Crippen LogP contribution in [0.2, 0.25) is 0 Å². The Bertz CT molecular complexity index is 599. The molecule has 3 heteroatoms. The molecule has 0 N–H and O–H groups in total. The van der Waals surface area contributed by atoms with Gasteiger partial charge in [0.15, 0.2) is 0 Å². The van der Waals surface area contributed by atoms with Crippen LogP contribution in [0, 0.1) is 25.7 Å². The molecule has 0 aromatic heterocycles. The number of nitrogens with zero attached hydrogens (tertiary/aromatic N) is 1. The van der Waals surface area contributed by atoms with Crippen LogP contribution in [0.1, 0.15) is 57.2 Å². The molecular formula is C22H33NO2. The van der Waals surface area contributed by atoms with Gasteiger partial charge in [0.25, 0.3) is 0 Å². The van der Waals surface area contributed by atoms with Crippen LogP contribution < -0.4 is 0 Å². The van der Waals surface area contributed by atoms with Gasteiger partial charge in [0.1, 0.15) is 5.60 Å². The molecule has 0 saturated carbocycles. The fourth-order valence-electron chi connectivity index (χ4n) is 3.43. The van der Waals surface area contributed by atoms with E-state index in [0.717, 1.165) is 25.9 Å². The molecule has 1 heterocycles. The van der Waals surface area contributed by atoms with Crippen molar-refractivity contribution in [2.75, 3.05) is 13.1 Å². The first-order valence-corrected chi connectivity index (χ1v) is 9.39. The summed E-state index contributed by atoms with van der Waals surface area (Å²) in [5.41, 5.74) is 3.56. The summed E-state index contributed by atoms with van der Waals surface area (Å²) in [7, 11) is 0. The molecule has 138 valence electrons. The first-order chi connectivity index (χ1) is 11.7. The highest BCUT2D eigenvalue weighted by Crippen LogP contribution is 2.28. The van der Waals surface area contributed by atoms with Crippen LogP contribution in [0.15, 0.2) is 24.3 Å². The van der Waals surface area contributed by atoms with Gasteiger partial charge in [-0.1, -0.05) is 37.3 Å². The van der Waals surface area contributed by atoms with E-state index in [1.54, 1.807) is 0 Å². The number of likely N-dealkylation sites (tertiary alicyclic amines) is 1. The van der Waals surface area contributed by atoms with Crippen molar-refractivity contribution in [3.05, 3.63) is 41.0 Å². The van der Waals surface area contributed by atoms with E-state index in [2.05, 4.69) is 51.1 Å². The molecular weight excluding hydrogens is 310 g/mol. The standard InChI is InChI=1S/C22H33NO2/c1-16(10-11-20-17(2)8-7-9-18(20)3)19-12-14-23(15-13-19)21(24)25-22(4,5)6/h7-11,16,19H,12-15H2,1-6H3. The first kappa shape index (κ1) is 19.6. The van der Waals surface area contributed by atoms with Gasteiger partial charge in [0, 0.05) is 13.1 Å². The average Bonchev–Trinajstić information content (AvgIpc) is 2.52. The molecule has 1 unspecified atom stereocenters. The van der Waals surface area contributed by atoms with Crippen molar-refractivity contribution in [2.24, 2.45) is 11.8 Å². The molecule has 0 bridgehead atoms. The minimum Gasteiger partial charge on any atom is -0.444 e. The van der Waals surface area contributed by atoms with E-state index in [0.29, 0.717) is 11.8 Å². The lowest BCUT2D eigenvalue weighted by molar-refractivity contribution is 0.0171. The lowest BCUT2D eigenvalue weighted by Crippen LogP contribution is -2.42. The summed E-state index contributed by atoms with van der Waals surface area (Å²) >= 11 is 0. The van der Waals surface area contributed by atoms with E-state index in [1.165, 1.54) is 16.7 Å². The van der Waals surface area contributed by atoms with Gasteiger partial charge in [0.05, 0.1) is 0 Å². The topological polar surface area (TPSA) is 29.5 Å². The molecule has 3 nitrogen and oxygen atoms in total. The Balaban J connectivity index is 1.90. The smallest absolute Gasteiger partial charge is 0.410 e. The zero-order valence-corrected chi connectivity index (χ0v) is 16.6. The summed E-state index contributed by atoms with van der Waals surface area (Å²) < 4.78 is 5.48. The van der Waals surface area contributed by atoms with Crippen molar-refractivity contribution in [3.8, 4) is 0 Å². The maximum absolute atomic E-state index is 12.2. The minimum absolute atomic E-state index is 0.176. The Morgan fingerprint density at radius 1 is 1.20 bits per heavy atom. The van der Waals surface area contributed by atoms with Gasteiger partial charge in [-0.2, -0.15) is 0 Å². The number of hydrogen-bond donors (Lipinski definition) is 0. The van der Waals surface area contributed by atoms with Gasteiger partial charge in [-0.3, -0.25) is 0 Å². The summed E-state index contributed by atoms with van der Waals surface area (Å²) in [5.74, 6) is 1.14. The highest BCUT2D eigenvalue weighted by atomic mass is 16.6. The van der Waals surface area contributed by atoms with Crippen molar-refractivity contribution in [3.63, 3.8) is 0 Å². The number of ether oxygens (including phenoxy) is 1. The average molecular weight is 344 g/mol. The molecule has 1 amide bonds. The summed E-state index contributed by atoms with van der Waals surface area (Å²) in [4.78, 5) is 14.0. The Hall–Kier alpha value is -1.77. The number of rotatable bonds is 3. The van der Waals surface area contributed by atoms with E-state index in [-0.39, 0.29) is 6.09 Å². The predicted octanol–water partition coefficient (Wildman–Crippen LogP) is 5.60.